The number of hydrogen-bond acceptors (Lipinski definition) is 4. The van der Waals surface area contributed by atoms with Gasteiger partial charge in [-0.25, -0.2) is 0 Å². The molecule has 1 aromatic carbocycles. The number of benzene rings is 1. The number of ether oxygens (including phenoxy) is 1. The Balaban J connectivity index is 2.35. The van der Waals surface area contributed by atoms with Crippen molar-refractivity contribution >= 4 is 27.4 Å². The van der Waals surface area contributed by atoms with Crippen LogP contribution in [0, 0.1) is 0 Å². The van der Waals surface area contributed by atoms with E-state index in [1.807, 2.05) is 6.92 Å². The van der Waals surface area contributed by atoms with Gasteiger partial charge >= 0.3 is 0 Å². The van der Waals surface area contributed by atoms with Crippen LogP contribution in [0.5, 0.6) is 5.75 Å². The topological polar surface area (TPSA) is 65.2 Å². The van der Waals surface area contributed by atoms with E-state index in [1.54, 1.807) is 30.5 Å². The summed E-state index contributed by atoms with van der Waals surface area (Å²) in [5.74, 6) is 0.406. The van der Waals surface area contributed by atoms with Crippen molar-refractivity contribution in [2.75, 3.05) is 12.3 Å². The summed E-state index contributed by atoms with van der Waals surface area (Å²) in [7, 11) is 0. The van der Waals surface area contributed by atoms with Crippen LogP contribution in [0.15, 0.2) is 41.1 Å². The van der Waals surface area contributed by atoms with Crippen LogP contribution in [0.2, 0.25) is 0 Å². The van der Waals surface area contributed by atoms with Crippen molar-refractivity contribution in [1.82, 2.24) is 4.98 Å². The maximum atomic E-state index is 12.3. The molecule has 98 valence electrons. The molecule has 2 N–H and O–H groups in total. The Kier molecular flexibility index (Phi) is 4.16. The van der Waals surface area contributed by atoms with Gasteiger partial charge < -0.3 is 10.5 Å². The maximum Gasteiger partial charge on any atom is 0.196 e. The lowest BCUT2D eigenvalue weighted by Gasteiger charge is -2.07. The quantitative estimate of drug-likeness (QED) is 0.694. The molecule has 0 aliphatic heterocycles. The Morgan fingerprint density at radius 1 is 1.37 bits per heavy atom. The van der Waals surface area contributed by atoms with Crippen LogP contribution in [0.25, 0.3) is 0 Å². The number of rotatable bonds is 4. The van der Waals surface area contributed by atoms with Crippen molar-refractivity contribution < 1.29 is 9.53 Å². The van der Waals surface area contributed by atoms with Crippen LogP contribution < -0.4 is 10.5 Å². The van der Waals surface area contributed by atoms with Gasteiger partial charge in [-0.1, -0.05) is 15.9 Å². The third kappa shape index (κ3) is 3.12. The third-order valence-electron chi connectivity index (χ3n) is 2.54. The molecule has 0 saturated heterocycles. The molecule has 1 heterocycles. The van der Waals surface area contributed by atoms with E-state index in [2.05, 4.69) is 20.9 Å². The van der Waals surface area contributed by atoms with Gasteiger partial charge in [-0.15, -0.1) is 0 Å². The maximum absolute atomic E-state index is 12.3. The van der Waals surface area contributed by atoms with Crippen molar-refractivity contribution in [3.8, 4) is 5.75 Å². The molecule has 0 atom stereocenters. The molecule has 0 saturated carbocycles. The molecule has 2 rings (SSSR count). The lowest BCUT2D eigenvalue weighted by Crippen LogP contribution is -2.06. The Labute approximate surface area is 119 Å². The monoisotopic (exact) mass is 320 g/mol. The molecule has 0 fully saturated rings. The zero-order chi connectivity index (χ0) is 13.8. The van der Waals surface area contributed by atoms with E-state index in [-0.39, 0.29) is 5.78 Å². The Morgan fingerprint density at radius 3 is 2.84 bits per heavy atom. The molecule has 0 bridgehead atoms. The van der Waals surface area contributed by atoms with Gasteiger partial charge in [0.1, 0.15) is 5.75 Å². The summed E-state index contributed by atoms with van der Waals surface area (Å²) in [6.45, 7) is 2.40. The van der Waals surface area contributed by atoms with E-state index in [0.29, 0.717) is 29.2 Å². The number of halogens is 1. The van der Waals surface area contributed by atoms with Gasteiger partial charge in [0.2, 0.25) is 0 Å². The largest absolute Gasteiger partial charge is 0.492 e. The van der Waals surface area contributed by atoms with Crippen molar-refractivity contribution in [3.63, 3.8) is 0 Å². The van der Waals surface area contributed by atoms with Gasteiger partial charge in [-0.2, -0.15) is 0 Å². The summed E-state index contributed by atoms with van der Waals surface area (Å²) in [4.78, 5) is 16.3. The zero-order valence-corrected chi connectivity index (χ0v) is 12.0. The lowest BCUT2D eigenvalue weighted by atomic mass is 10.0. The third-order valence-corrected chi connectivity index (χ3v) is 3.04. The highest BCUT2D eigenvalue weighted by Crippen LogP contribution is 2.22. The molecule has 0 spiro atoms. The van der Waals surface area contributed by atoms with Crippen LogP contribution in [0.4, 0.5) is 5.69 Å². The highest BCUT2D eigenvalue weighted by Gasteiger charge is 2.13. The molecule has 0 aliphatic rings. The summed E-state index contributed by atoms with van der Waals surface area (Å²) < 4.78 is 6.16. The summed E-state index contributed by atoms with van der Waals surface area (Å²) in [6, 6.07) is 6.84. The minimum absolute atomic E-state index is 0.168. The number of aromatic nitrogens is 1. The van der Waals surface area contributed by atoms with Crippen LogP contribution in [-0.4, -0.2) is 17.4 Å². The van der Waals surface area contributed by atoms with Crippen LogP contribution >= 0.6 is 15.9 Å². The second-order valence-corrected chi connectivity index (χ2v) is 4.82. The number of ketones is 1. The van der Waals surface area contributed by atoms with Gasteiger partial charge in [-0.05, 0) is 31.2 Å². The fraction of sp³-hybridized carbons (Fsp3) is 0.143. The number of hydrogen-bond donors (Lipinski definition) is 1. The van der Waals surface area contributed by atoms with E-state index in [9.17, 15) is 4.79 Å². The molecule has 5 heteroatoms. The SMILES string of the molecule is CCOc1cncc(C(=O)c2ccc(Br)cc2N)c1. The van der Waals surface area contributed by atoms with Crippen LogP contribution in [-0.2, 0) is 0 Å². The molecular formula is C14H13BrN2O2. The van der Waals surface area contributed by atoms with Crippen molar-refractivity contribution in [2.45, 2.75) is 6.92 Å². The minimum atomic E-state index is -0.168. The number of carbonyl (C=O) groups is 1. The molecular weight excluding hydrogens is 308 g/mol. The van der Waals surface area contributed by atoms with Gasteiger partial charge in [0.05, 0.1) is 12.8 Å². The molecule has 4 nitrogen and oxygen atoms in total. The Morgan fingerprint density at radius 2 is 2.16 bits per heavy atom. The first-order valence-electron chi connectivity index (χ1n) is 5.79. The highest BCUT2D eigenvalue weighted by atomic mass is 79.9. The van der Waals surface area contributed by atoms with Crippen LogP contribution in [0.3, 0.4) is 0 Å². The molecule has 2 aromatic rings. The molecule has 0 radical (unpaired) electrons. The number of pyridine rings is 1. The number of nitrogens with two attached hydrogens (primary N) is 1. The zero-order valence-electron chi connectivity index (χ0n) is 10.4. The first kappa shape index (κ1) is 13.5. The summed E-state index contributed by atoms with van der Waals surface area (Å²) in [5.41, 5.74) is 7.20. The summed E-state index contributed by atoms with van der Waals surface area (Å²) in [5, 5.41) is 0. The Bertz CT molecular complexity index is 614. The fourth-order valence-electron chi connectivity index (χ4n) is 1.68. The second kappa shape index (κ2) is 5.84. The summed E-state index contributed by atoms with van der Waals surface area (Å²) in [6.07, 6.45) is 3.08. The average molecular weight is 321 g/mol. The van der Waals surface area contributed by atoms with E-state index < -0.39 is 0 Å². The van der Waals surface area contributed by atoms with Gasteiger partial charge in [-0.3, -0.25) is 9.78 Å². The standard InChI is InChI=1S/C14H13BrN2O2/c1-2-19-11-5-9(7-17-8-11)14(18)12-4-3-10(15)6-13(12)16/h3-8H,2,16H2,1H3. The first-order valence-corrected chi connectivity index (χ1v) is 6.58. The van der Waals surface area contributed by atoms with E-state index in [4.69, 9.17) is 10.5 Å². The van der Waals surface area contributed by atoms with Crippen LogP contribution in [0.1, 0.15) is 22.8 Å². The number of carbonyl (C=O) groups excluding carboxylic acids is 1. The number of nitrogens with zero attached hydrogens (tertiary/aromatic N) is 1. The predicted molar refractivity (Wildman–Crippen MR) is 77.4 cm³/mol. The van der Waals surface area contributed by atoms with Crippen molar-refractivity contribution in [3.05, 3.63) is 52.3 Å². The van der Waals surface area contributed by atoms with Gasteiger partial charge in [0.15, 0.2) is 5.78 Å². The minimum Gasteiger partial charge on any atom is -0.492 e. The fourth-order valence-corrected chi connectivity index (χ4v) is 2.06. The molecule has 0 amide bonds. The van der Waals surface area contributed by atoms with E-state index in [1.165, 1.54) is 6.20 Å². The van der Waals surface area contributed by atoms with E-state index >= 15 is 0 Å². The normalized spacial score (nSPS) is 10.2. The molecule has 0 aliphatic carbocycles. The predicted octanol–water partition coefficient (Wildman–Crippen LogP) is 3.06. The van der Waals surface area contributed by atoms with Gasteiger partial charge in [0, 0.05) is 27.5 Å². The van der Waals surface area contributed by atoms with Gasteiger partial charge in [0.25, 0.3) is 0 Å². The average Bonchev–Trinajstić information content (AvgIpc) is 2.39. The molecule has 19 heavy (non-hydrogen) atoms. The van der Waals surface area contributed by atoms with Crippen molar-refractivity contribution in [2.24, 2.45) is 0 Å². The molecule has 1 aromatic heterocycles. The lowest BCUT2D eigenvalue weighted by molar-refractivity contribution is 0.103. The second-order valence-electron chi connectivity index (χ2n) is 3.90. The molecule has 0 unspecified atom stereocenters. The highest BCUT2D eigenvalue weighted by molar-refractivity contribution is 9.10. The smallest absolute Gasteiger partial charge is 0.196 e. The Hall–Kier alpha value is -1.88. The van der Waals surface area contributed by atoms with E-state index in [0.717, 1.165) is 4.47 Å². The van der Waals surface area contributed by atoms with Crippen molar-refractivity contribution in [1.29, 1.82) is 0 Å². The summed E-state index contributed by atoms with van der Waals surface area (Å²) >= 11 is 3.31. The number of anilines is 1. The first-order chi connectivity index (χ1) is 9.11. The number of nitrogen functional groups attached to an aromatic ring is 1.